The Morgan fingerprint density at radius 1 is 1.00 bits per heavy atom. The lowest BCUT2D eigenvalue weighted by molar-refractivity contribution is -0.141. The number of alkyl halides is 1. The average molecular weight is 419 g/mol. The second kappa shape index (κ2) is 6.62. The van der Waals surface area contributed by atoms with Gasteiger partial charge in [0, 0.05) is 11.8 Å². The van der Waals surface area contributed by atoms with Crippen molar-refractivity contribution in [3.05, 3.63) is 41.0 Å². The SMILES string of the molecule is COc1cc([C@@H]2c3cc4c(cc3[C@@H](Cl)[C@H]3COC(=O)[C@H]23)OCO4)cc(OC)c1O. The molecule has 4 atom stereocenters. The van der Waals surface area contributed by atoms with Crippen LogP contribution >= 0.6 is 11.6 Å². The number of fused-ring (bicyclic) bond motifs is 3. The Balaban J connectivity index is 1.75. The Morgan fingerprint density at radius 2 is 1.62 bits per heavy atom. The predicted molar refractivity (Wildman–Crippen MR) is 102 cm³/mol. The first-order valence-corrected chi connectivity index (χ1v) is 9.66. The summed E-state index contributed by atoms with van der Waals surface area (Å²) >= 11 is 6.79. The van der Waals surface area contributed by atoms with Crippen molar-refractivity contribution in [1.29, 1.82) is 0 Å². The largest absolute Gasteiger partial charge is 0.502 e. The van der Waals surface area contributed by atoms with Gasteiger partial charge in [-0.15, -0.1) is 11.6 Å². The van der Waals surface area contributed by atoms with Crippen LogP contribution in [0.4, 0.5) is 0 Å². The molecule has 1 N–H and O–H groups in total. The molecule has 1 aliphatic carbocycles. The molecular weight excluding hydrogens is 400 g/mol. The van der Waals surface area contributed by atoms with Gasteiger partial charge >= 0.3 is 5.97 Å². The number of benzene rings is 2. The van der Waals surface area contributed by atoms with Crippen LogP contribution < -0.4 is 18.9 Å². The number of hydrogen-bond donors (Lipinski definition) is 1. The molecule has 0 amide bonds. The molecule has 29 heavy (non-hydrogen) atoms. The van der Waals surface area contributed by atoms with Crippen molar-refractivity contribution in [2.24, 2.45) is 11.8 Å². The van der Waals surface area contributed by atoms with E-state index < -0.39 is 11.3 Å². The summed E-state index contributed by atoms with van der Waals surface area (Å²) in [5, 5.41) is 9.92. The molecule has 0 spiro atoms. The maximum Gasteiger partial charge on any atom is 0.310 e. The standard InChI is InChI=1S/C21H19ClO7/c1-25-15-3-9(4-16(26-2)20(15)23)17-10-5-13-14(29-8-28-13)6-11(10)19(22)12-7-27-21(24)18(12)17/h3-6,12,17-19,23H,7-8H2,1-2H3/t12-,17+,18-,19+/m0/s1. The highest BCUT2D eigenvalue weighted by Gasteiger charge is 2.52. The van der Waals surface area contributed by atoms with Crippen LogP contribution in [-0.4, -0.2) is 38.7 Å². The molecule has 7 nitrogen and oxygen atoms in total. The van der Waals surface area contributed by atoms with Crippen LogP contribution in [0.25, 0.3) is 0 Å². The number of methoxy groups -OCH3 is 2. The van der Waals surface area contributed by atoms with Crippen LogP contribution in [0.15, 0.2) is 24.3 Å². The van der Waals surface area contributed by atoms with E-state index in [0.29, 0.717) is 11.5 Å². The summed E-state index contributed by atoms with van der Waals surface area (Å²) in [6.45, 7) is 0.403. The summed E-state index contributed by atoms with van der Waals surface area (Å²) in [7, 11) is 2.93. The molecule has 0 saturated carbocycles. The van der Waals surface area contributed by atoms with E-state index in [1.807, 2.05) is 12.1 Å². The summed E-state index contributed by atoms with van der Waals surface area (Å²) in [5.74, 6) is 0.365. The number of hydrogen-bond acceptors (Lipinski definition) is 7. The van der Waals surface area contributed by atoms with Gasteiger partial charge in [0.2, 0.25) is 12.5 Å². The van der Waals surface area contributed by atoms with Crippen LogP contribution in [0.1, 0.15) is 28.0 Å². The normalized spacial score (nSPS) is 26.5. The summed E-state index contributed by atoms with van der Waals surface area (Å²) in [4.78, 5) is 12.7. The van der Waals surface area contributed by atoms with Crippen LogP contribution in [0.2, 0.25) is 0 Å². The van der Waals surface area contributed by atoms with Gasteiger partial charge in [-0.05, 0) is 41.0 Å². The number of carbonyl (C=O) groups excluding carboxylic acids is 1. The molecule has 2 aliphatic heterocycles. The van der Waals surface area contributed by atoms with Gasteiger partial charge in [-0.3, -0.25) is 4.79 Å². The second-order valence-electron chi connectivity index (χ2n) is 7.31. The van der Waals surface area contributed by atoms with Gasteiger partial charge in [0.25, 0.3) is 0 Å². The monoisotopic (exact) mass is 418 g/mol. The molecular formula is C21H19ClO7. The van der Waals surface area contributed by atoms with Gasteiger partial charge in [0.15, 0.2) is 23.0 Å². The number of halogens is 1. The van der Waals surface area contributed by atoms with Crippen molar-refractivity contribution >= 4 is 17.6 Å². The Kier molecular flexibility index (Phi) is 4.17. The number of ether oxygens (including phenoxy) is 5. The predicted octanol–water partition coefficient (Wildman–Crippen LogP) is 3.35. The van der Waals surface area contributed by atoms with Gasteiger partial charge in [-0.2, -0.15) is 0 Å². The molecule has 1 fully saturated rings. The molecule has 5 rings (SSSR count). The average Bonchev–Trinajstić information content (AvgIpc) is 3.34. The molecule has 2 heterocycles. The minimum absolute atomic E-state index is 0.0961. The van der Waals surface area contributed by atoms with E-state index in [4.69, 9.17) is 35.3 Å². The maximum absolute atomic E-state index is 12.7. The van der Waals surface area contributed by atoms with E-state index in [1.54, 1.807) is 12.1 Å². The third-order valence-corrected chi connectivity index (χ3v) is 6.52. The van der Waals surface area contributed by atoms with Crippen LogP contribution in [0.5, 0.6) is 28.7 Å². The number of esters is 1. The first-order valence-electron chi connectivity index (χ1n) is 9.22. The number of aromatic hydroxyl groups is 1. The van der Waals surface area contributed by atoms with E-state index in [9.17, 15) is 9.90 Å². The molecule has 0 aromatic heterocycles. The molecule has 8 heteroatoms. The number of carbonyl (C=O) groups is 1. The Hall–Kier alpha value is -2.80. The van der Waals surface area contributed by atoms with Crippen molar-refractivity contribution in [2.45, 2.75) is 11.3 Å². The number of phenols is 1. The van der Waals surface area contributed by atoms with E-state index >= 15 is 0 Å². The number of cyclic esters (lactones) is 1. The molecule has 2 aromatic rings. The molecule has 0 radical (unpaired) electrons. The van der Waals surface area contributed by atoms with Crippen LogP contribution in [-0.2, 0) is 9.53 Å². The third kappa shape index (κ3) is 2.60. The molecule has 1 saturated heterocycles. The Morgan fingerprint density at radius 3 is 2.24 bits per heavy atom. The highest BCUT2D eigenvalue weighted by Crippen LogP contribution is 2.57. The fourth-order valence-corrected chi connectivity index (χ4v) is 5.01. The summed E-state index contributed by atoms with van der Waals surface area (Å²) in [6.07, 6.45) is 0. The highest BCUT2D eigenvalue weighted by atomic mass is 35.5. The fourth-order valence-electron chi connectivity index (χ4n) is 4.59. The Bertz CT molecular complexity index is 980. The Labute approximate surface area is 172 Å². The third-order valence-electron chi connectivity index (χ3n) is 5.96. The van der Waals surface area contributed by atoms with E-state index in [-0.39, 0.29) is 48.5 Å². The van der Waals surface area contributed by atoms with Crippen molar-refractivity contribution < 1.29 is 33.6 Å². The summed E-state index contributed by atoms with van der Waals surface area (Å²) in [6, 6.07) is 7.20. The maximum atomic E-state index is 12.7. The molecule has 2 aromatic carbocycles. The van der Waals surface area contributed by atoms with Gasteiger partial charge in [0.05, 0.1) is 32.1 Å². The lowest BCUT2D eigenvalue weighted by atomic mass is 9.67. The molecule has 0 bridgehead atoms. The lowest BCUT2D eigenvalue weighted by Crippen LogP contribution is -2.33. The zero-order valence-corrected chi connectivity index (χ0v) is 16.6. The topological polar surface area (TPSA) is 83.5 Å². The van der Waals surface area contributed by atoms with Gasteiger partial charge in [-0.25, -0.2) is 0 Å². The van der Waals surface area contributed by atoms with E-state index in [1.165, 1.54) is 14.2 Å². The minimum atomic E-state index is -0.468. The molecule has 0 unspecified atom stereocenters. The summed E-state index contributed by atoms with van der Waals surface area (Å²) in [5.41, 5.74) is 2.50. The van der Waals surface area contributed by atoms with Crippen LogP contribution in [0.3, 0.4) is 0 Å². The molecule has 152 valence electrons. The fraction of sp³-hybridized carbons (Fsp3) is 0.381. The molecule has 3 aliphatic rings. The summed E-state index contributed by atoms with van der Waals surface area (Å²) < 4.78 is 27.1. The highest BCUT2D eigenvalue weighted by molar-refractivity contribution is 6.21. The quantitative estimate of drug-likeness (QED) is 0.604. The second-order valence-corrected chi connectivity index (χ2v) is 7.78. The van der Waals surface area contributed by atoms with Gasteiger partial charge in [-0.1, -0.05) is 0 Å². The van der Waals surface area contributed by atoms with Gasteiger partial charge in [0.1, 0.15) is 0 Å². The van der Waals surface area contributed by atoms with Gasteiger partial charge < -0.3 is 28.8 Å². The van der Waals surface area contributed by atoms with Crippen molar-refractivity contribution in [3.63, 3.8) is 0 Å². The minimum Gasteiger partial charge on any atom is -0.502 e. The van der Waals surface area contributed by atoms with Crippen molar-refractivity contribution in [2.75, 3.05) is 27.6 Å². The van der Waals surface area contributed by atoms with Crippen LogP contribution in [0, 0.1) is 11.8 Å². The van der Waals surface area contributed by atoms with E-state index in [0.717, 1.165) is 16.7 Å². The van der Waals surface area contributed by atoms with E-state index in [2.05, 4.69) is 0 Å². The first kappa shape index (κ1) is 18.2. The zero-order valence-electron chi connectivity index (χ0n) is 15.8. The zero-order chi connectivity index (χ0) is 20.3. The number of rotatable bonds is 3. The lowest BCUT2D eigenvalue weighted by Gasteiger charge is -2.36. The number of phenolic OH excluding ortho intramolecular Hbond substituents is 1. The van der Waals surface area contributed by atoms with Crippen molar-refractivity contribution in [3.8, 4) is 28.7 Å². The first-order chi connectivity index (χ1) is 14.0. The smallest absolute Gasteiger partial charge is 0.310 e. The van der Waals surface area contributed by atoms with Crippen molar-refractivity contribution in [1.82, 2.24) is 0 Å².